The fraction of sp³-hybridized carbons (Fsp3) is 0.500. The van der Waals surface area contributed by atoms with Crippen molar-refractivity contribution in [1.82, 2.24) is 14.4 Å². The Morgan fingerprint density at radius 2 is 1.88 bits per heavy atom. The number of ether oxygens (including phenoxy) is 2. The molecule has 5 rings (SSSR count). The van der Waals surface area contributed by atoms with E-state index in [4.69, 9.17) is 9.47 Å². The molecule has 214 valence electrons. The Bertz CT molecular complexity index is 1350. The number of fused-ring (bicyclic) bond motifs is 1. The highest BCUT2D eigenvalue weighted by Gasteiger charge is 2.32. The van der Waals surface area contributed by atoms with Gasteiger partial charge in [0.05, 0.1) is 13.7 Å². The van der Waals surface area contributed by atoms with Crippen molar-refractivity contribution in [3.63, 3.8) is 0 Å². The van der Waals surface area contributed by atoms with Gasteiger partial charge in [0.2, 0.25) is 5.91 Å². The fourth-order valence-corrected chi connectivity index (χ4v) is 5.48. The van der Waals surface area contributed by atoms with Crippen LogP contribution < -0.4 is 14.4 Å². The summed E-state index contributed by atoms with van der Waals surface area (Å²) in [6.07, 6.45) is 9.09. The number of carbonyl (C=O) groups is 2. The zero-order chi connectivity index (χ0) is 28.2. The summed E-state index contributed by atoms with van der Waals surface area (Å²) >= 11 is 0. The minimum Gasteiger partial charge on any atom is -0.493 e. The third kappa shape index (κ3) is 6.21. The van der Waals surface area contributed by atoms with E-state index in [1.54, 1.807) is 26.1 Å². The number of unbranched alkanes of at least 4 members (excludes halogenated alkanes) is 1. The largest absolute Gasteiger partial charge is 0.493 e. The number of urea groups is 1. The first-order chi connectivity index (χ1) is 19.4. The molecule has 1 saturated heterocycles. The molecule has 8 heteroatoms. The zero-order valence-corrected chi connectivity index (χ0v) is 24.3. The van der Waals surface area contributed by atoms with Crippen molar-refractivity contribution in [3.05, 3.63) is 54.2 Å². The van der Waals surface area contributed by atoms with Gasteiger partial charge in [-0.25, -0.2) is 4.79 Å². The van der Waals surface area contributed by atoms with Crippen LogP contribution in [0.2, 0.25) is 0 Å². The molecule has 3 aromatic rings. The van der Waals surface area contributed by atoms with Crippen molar-refractivity contribution in [2.75, 3.05) is 39.3 Å². The molecule has 0 N–H and O–H groups in total. The summed E-state index contributed by atoms with van der Waals surface area (Å²) in [4.78, 5) is 31.6. The van der Waals surface area contributed by atoms with E-state index in [1.165, 1.54) is 25.7 Å². The summed E-state index contributed by atoms with van der Waals surface area (Å²) in [5, 5.41) is 1.06. The molecule has 0 spiro atoms. The Morgan fingerprint density at radius 1 is 1.05 bits per heavy atom. The monoisotopic (exact) mass is 546 g/mol. The molecular formula is C32H42N4O4. The molecule has 0 unspecified atom stereocenters. The van der Waals surface area contributed by atoms with E-state index in [2.05, 4.69) is 13.0 Å². The highest BCUT2D eigenvalue weighted by Crippen LogP contribution is 2.36. The van der Waals surface area contributed by atoms with Crippen LogP contribution >= 0.6 is 0 Å². The van der Waals surface area contributed by atoms with E-state index in [0.717, 1.165) is 40.9 Å². The highest BCUT2D eigenvalue weighted by molar-refractivity contribution is 5.94. The van der Waals surface area contributed by atoms with Crippen LogP contribution in [0.5, 0.6) is 11.5 Å². The van der Waals surface area contributed by atoms with Crippen LogP contribution in [-0.2, 0) is 17.9 Å². The van der Waals surface area contributed by atoms with Gasteiger partial charge in [-0.3, -0.25) is 9.69 Å². The predicted octanol–water partition coefficient (Wildman–Crippen LogP) is 5.92. The number of benzene rings is 2. The lowest BCUT2D eigenvalue weighted by Gasteiger charge is -2.40. The summed E-state index contributed by atoms with van der Waals surface area (Å²) in [7, 11) is 5.18. The maximum absolute atomic E-state index is 13.9. The van der Waals surface area contributed by atoms with Crippen LogP contribution in [0.4, 0.5) is 10.5 Å². The van der Waals surface area contributed by atoms with Gasteiger partial charge in [-0.1, -0.05) is 31.4 Å². The molecule has 1 aromatic heterocycles. The summed E-state index contributed by atoms with van der Waals surface area (Å²) in [6, 6.07) is 14.0. The average Bonchev–Trinajstić information content (AvgIpc) is 3.69. The van der Waals surface area contributed by atoms with Crippen LogP contribution in [0, 0.1) is 5.92 Å². The Balaban J connectivity index is 1.31. The molecule has 0 bridgehead atoms. The summed E-state index contributed by atoms with van der Waals surface area (Å²) < 4.78 is 13.7. The number of aromatic nitrogens is 1. The molecule has 1 atom stereocenters. The molecule has 2 aromatic carbocycles. The van der Waals surface area contributed by atoms with Gasteiger partial charge in [0.1, 0.15) is 6.54 Å². The Labute approximate surface area is 237 Å². The molecule has 2 fully saturated rings. The first kappa shape index (κ1) is 27.9. The number of amides is 3. The zero-order valence-electron chi connectivity index (χ0n) is 24.3. The maximum Gasteiger partial charge on any atom is 0.325 e. The molecular weight excluding hydrogens is 504 g/mol. The molecule has 40 heavy (non-hydrogen) atoms. The Morgan fingerprint density at radius 3 is 2.62 bits per heavy atom. The van der Waals surface area contributed by atoms with E-state index < -0.39 is 0 Å². The molecule has 8 nitrogen and oxygen atoms in total. The van der Waals surface area contributed by atoms with Gasteiger partial charge in [-0.05, 0) is 61.9 Å². The smallest absolute Gasteiger partial charge is 0.325 e. The van der Waals surface area contributed by atoms with E-state index >= 15 is 0 Å². The molecule has 2 aliphatic rings. The van der Waals surface area contributed by atoms with Gasteiger partial charge in [0, 0.05) is 62.1 Å². The van der Waals surface area contributed by atoms with E-state index in [1.807, 2.05) is 57.0 Å². The van der Waals surface area contributed by atoms with E-state index in [-0.39, 0.29) is 24.5 Å². The highest BCUT2D eigenvalue weighted by atomic mass is 16.5. The third-order valence-corrected chi connectivity index (χ3v) is 8.25. The maximum atomic E-state index is 13.9. The van der Waals surface area contributed by atoms with Gasteiger partial charge in [0.25, 0.3) is 0 Å². The molecule has 2 heterocycles. The van der Waals surface area contributed by atoms with Gasteiger partial charge in [-0.15, -0.1) is 0 Å². The van der Waals surface area contributed by atoms with E-state index in [9.17, 15) is 9.59 Å². The number of anilines is 1. The van der Waals surface area contributed by atoms with Gasteiger partial charge < -0.3 is 23.8 Å². The van der Waals surface area contributed by atoms with Crippen molar-refractivity contribution < 1.29 is 19.1 Å². The summed E-state index contributed by atoms with van der Waals surface area (Å²) in [5.74, 6) is 2.35. The van der Waals surface area contributed by atoms with Gasteiger partial charge >= 0.3 is 6.03 Å². The first-order valence-corrected chi connectivity index (χ1v) is 14.5. The molecule has 1 saturated carbocycles. The van der Waals surface area contributed by atoms with Crippen molar-refractivity contribution >= 4 is 28.5 Å². The predicted molar refractivity (Wildman–Crippen MR) is 158 cm³/mol. The quantitative estimate of drug-likeness (QED) is 0.265. The Kier molecular flexibility index (Phi) is 8.52. The van der Waals surface area contributed by atoms with Crippen LogP contribution in [0.25, 0.3) is 10.9 Å². The van der Waals surface area contributed by atoms with Crippen LogP contribution in [0.1, 0.15) is 51.0 Å². The number of carbonyl (C=O) groups excluding carboxylic acids is 2. The molecule has 0 radical (unpaired) electrons. The normalized spacial score (nSPS) is 17.4. The lowest BCUT2D eigenvalue weighted by molar-refractivity contribution is -0.129. The summed E-state index contributed by atoms with van der Waals surface area (Å²) in [5.41, 5.74) is 2.89. The molecule has 1 aliphatic heterocycles. The van der Waals surface area contributed by atoms with E-state index in [0.29, 0.717) is 31.2 Å². The van der Waals surface area contributed by atoms with Crippen molar-refractivity contribution in [1.29, 1.82) is 0 Å². The first-order valence-electron chi connectivity index (χ1n) is 14.5. The second kappa shape index (κ2) is 12.2. The van der Waals surface area contributed by atoms with Crippen LogP contribution in [0.15, 0.2) is 48.7 Å². The SMILES string of the molecule is COc1ccc(N2CC[C@H](C)N(Cc3cccc4c3ccn4CC(=O)N(C)C)C2=O)cc1OCCCCC1CC1. The molecule has 1 aliphatic carbocycles. The van der Waals surface area contributed by atoms with Gasteiger partial charge in [-0.2, -0.15) is 0 Å². The fourth-order valence-electron chi connectivity index (χ4n) is 5.48. The Hall–Kier alpha value is -3.68. The second-order valence-electron chi connectivity index (χ2n) is 11.4. The standard InChI is InChI=1S/C32H42N4O4/c1-23-15-18-35(26-13-14-29(39-4)30(20-26)40-19-6-5-8-24-11-12-24)32(38)36(23)21-25-9-7-10-28-27(25)16-17-34(28)22-31(37)33(2)3/h7,9-10,13-14,16-17,20,23-24H,5-6,8,11-12,15,18-19,21-22H2,1-4H3/t23-/m0/s1. The number of hydrogen-bond acceptors (Lipinski definition) is 4. The van der Waals surface area contributed by atoms with Crippen LogP contribution in [-0.4, -0.2) is 66.7 Å². The number of methoxy groups -OCH3 is 1. The van der Waals surface area contributed by atoms with Gasteiger partial charge in [0.15, 0.2) is 11.5 Å². The number of likely N-dealkylation sites (N-methyl/N-ethyl adjacent to an activating group) is 1. The lowest BCUT2D eigenvalue weighted by atomic mass is 10.1. The minimum atomic E-state index is -0.0153. The lowest BCUT2D eigenvalue weighted by Crippen LogP contribution is -2.53. The minimum absolute atomic E-state index is 0.0153. The number of rotatable bonds is 12. The van der Waals surface area contributed by atoms with Crippen molar-refractivity contribution in [2.45, 2.75) is 64.6 Å². The average molecular weight is 547 g/mol. The number of hydrogen-bond donors (Lipinski definition) is 0. The van der Waals surface area contributed by atoms with Crippen LogP contribution in [0.3, 0.4) is 0 Å². The van der Waals surface area contributed by atoms with Crippen molar-refractivity contribution in [2.24, 2.45) is 5.92 Å². The number of nitrogens with zero attached hydrogens (tertiary/aromatic N) is 4. The second-order valence-corrected chi connectivity index (χ2v) is 11.4. The molecule has 3 amide bonds. The third-order valence-electron chi connectivity index (χ3n) is 8.25. The summed E-state index contributed by atoms with van der Waals surface area (Å²) in [6.45, 7) is 4.19. The van der Waals surface area contributed by atoms with Crippen molar-refractivity contribution in [3.8, 4) is 11.5 Å². The topological polar surface area (TPSA) is 67.2 Å².